The number of hydrogen-bond donors (Lipinski definition) is 1. The second-order valence-electron chi connectivity index (χ2n) is 7.00. The number of imide groups is 2. The molecule has 2 saturated carbocycles. The summed E-state index contributed by atoms with van der Waals surface area (Å²) in [5.74, 6) is -0.0442. The minimum atomic E-state index is -0.976. The van der Waals surface area contributed by atoms with Crippen molar-refractivity contribution in [2.75, 3.05) is 0 Å². The third kappa shape index (κ3) is 2.36. The zero-order chi connectivity index (χ0) is 15.0. The van der Waals surface area contributed by atoms with Crippen LogP contribution in [0.4, 0.5) is 4.79 Å². The summed E-state index contributed by atoms with van der Waals surface area (Å²) in [5, 5.41) is 2.47. The lowest BCUT2D eigenvalue weighted by Gasteiger charge is -2.41. The first-order chi connectivity index (χ1) is 10.0. The molecule has 3 fully saturated rings. The summed E-state index contributed by atoms with van der Waals surface area (Å²) >= 11 is 0. The van der Waals surface area contributed by atoms with E-state index in [0.29, 0.717) is 18.8 Å². The average Bonchev–Trinajstić information content (AvgIpc) is 2.73. The highest BCUT2D eigenvalue weighted by atomic mass is 16.2. The molecule has 5 heteroatoms. The van der Waals surface area contributed by atoms with Gasteiger partial charge in [0, 0.05) is 6.04 Å². The van der Waals surface area contributed by atoms with Crippen molar-refractivity contribution in [3.05, 3.63) is 0 Å². The highest BCUT2D eigenvalue weighted by molar-refractivity contribution is 6.19. The van der Waals surface area contributed by atoms with E-state index in [-0.39, 0.29) is 17.9 Å². The van der Waals surface area contributed by atoms with E-state index in [0.717, 1.165) is 44.9 Å². The first kappa shape index (κ1) is 14.5. The Bertz CT molecular complexity index is 466. The lowest BCUT2D eigenvalue weighted by molar-refractivity contribution is -0.154. The van der Waals surface area contributed by atoms with Crippen molar-refractivity contribution in [3.8, 4) is 0 Å². The Kier molecular flexibility index (Phi) is 3.76. The molecule has 4 amide bonds. The Labute approximate surface area is 125 Å². The van der Waals surface area contributed by atoms with Gasteiger partial charge in [0.1, 0.15) is 5.41 Å². The van der Waals surface area contributed by atoms with Gasteiger partial charge in [-0.05, 0) is 38.0 Å². The van der Waals surface area contributed by atoms with Gasteiger partial charge in [-0.25, -0.2) is 4.79 Å². The van der Waals surface area contributed by atoms with Crippen LogP contribution in [-0.2, 0) is 9.59 Å². The molecule has 1 heterocycles. The Balaban J connectivity index is 1.89. The first-order valence-electron chi connectivity index (χ1n) is 8.24. The number of carbonyl (C=O) groups excluding carboxylic acids is 3. The molecular weight excluding hydrogens is 268 g/mol. The molecule has 0 aromatic carbocycles. The summed E-state index contributed by atoms with van der Waals surface area (Å²) in [6.45, 7) is 2.15. The molecule has 2 atom stereocenters. The molecule has 0 bridgehead atoms. The van der Waals surface area contributed by atoms with Crippen LogP contribution in [0.3, 0.4) is 0 Å². The van der Waals surface area contributed by atoms with Gasteiger partial charge in [-0.3, -0.25) is 19.8 Å². The zero-order valence-electron chi connectivity index (χ0n) is 12.7. The standard InChI is InChI=1S/C16H24N2O3/c1-11-6-7-12(10-11)18-14(20)16(13(19)17-15(18)21)8-4-2-3-5-9-16/h11-12H,2-10H2,1H3,(H,17,19,21). The second kappa shape index (κ2) is 5.43. The molecule has 116 valence electrons. The van der Waals surface area contributed by atoms with Crippen LogP contribution in [0.2, 0.25) is 0 Å². The molecule has 3 rings (SSSR count). The van der Waals surface area contributed by atoms with Crippen LogP contribution < -0.4 is 5.32 Å². The molecule has 5 nitrogen and oxygen atoms in total. The first-order valence-corrected chi connectivity index (χ1v) is 8.24. The highest BCUT2D eigenvalue weighted by Crippen LogP contribution is 2.41. The Morgan fingerprint density at radius 1 is 1.05 bits per heavy atom. The van der Waals surface area contributed by atoms with Gasteiger partial charge < -0.3 is 0 Å². The number of nitrogens with one attached hydrogen (secondary N) is 1. The Hall–Kier alpha value is -1.39. The SMILES string of the molecule is CC1CCC(N2C(=O)NC(=O)C3(CCCCCC3)C2=O)C1. The van der Waals surface area contributed by atoms with Crippen molar-refractivity contribution >= 4 is 17.8 Å². The van der Waals surface area contributed by atoms with Crippen molar-refractivity contribution in [1.82, 2.24) is 10.2 Å². The zero-order valence-corrected chi connectivity index (χ0v) is 12.7. The number of nitrogens with zero attached hydrogens (tertiary/aromatic N) is 1. The summed E-state index contributed by atoms with van der Waals surface area (Å²) in [6, 6.07) is -0.528. The molecule has 2 aliphatic carbocycles. The maximum Gasteiger partial charge on any atom is 0.331 e. The molecular formula is C16H24N2O3. The predicted molar refractivity (Wildman–Crippen MR) is 77.3 cm³/mol. The van der Waals surface area contributed by atoms with Crippen LogP contribution in [0.25, 0.3) is 0 Å². The molecule has 0 aromatic rings. The minimum absolute atomic E-state index is 0.0271. The molecule has 21 heavy (non-hydrogen) atoms. The fraction of sp³-hybridized carbons (Fsp3) is 0.812. The summed E-state index contributed by atoms with van der Waals surface area (Å²) in [6.07, 6.45) is 7.86. The largest absolute Gasteiger partial charge is 0.331 e. The molecule has 3 aliphatic rings. The smallest absolute Gasteiger partial charge is 0.277 e. The van der Waals surface area contributed by atoms with E-state index in [1.54, 1.807) is 0 Å². The van der Waals surface area contributed by atoms with Gasteiger partial charge in [0.05, 0.1) is 0 Å². The number of barbiturate groups is 1. The fourth-order valence-electron chi connectivity index (χ4n) is 4.21. The van der Waals surface area contributed by atoms with Crippen molar-refractivity contribution in [1.29, 1.82) is 0 Å². The number of rotatable bonds is 1. The topological polar surface area (TPSA) is 66.5 Å². The average molecular weight is 292 g/mol. The maximum atomic E-state index is 13.0. The molecule has 0 aromatic heterocycles. The van der Waals surface area contributed by atoms with Gasteiger partial charge in [0.25, 0.3) is 0 Å². The van der Waals surface area contributed by atoms with Gasteiger partial charge in [-0.15, -0.1) is 0 Å². The van der Waals surface area contributed by atoms with Crippen LogP contribution >= 0.6 is 0 Å². The van der Waals surface area contributed by atoms with Crippen molar-refractivity contribution < 1.29 is 14.4 Å². The third-order valence-electron chi connectivity index (χ3n) is 5.49. The number of carbonyl (C=O) groups is 3. The van der Waals surface area contributed by atoms with Gasteiger partial charge in [-0.1, -0.05) is 32.6 Å². The van der Waals surface area contributed by atoms with E-state index in [4.69, 9.17) is 0 Å². The summed E-state index contributed by atoms with van der Waals surface area (Å²) in [4.78, 5) is 39.0. The van der Waals surface area contributed by atoms with Crippen LogP contribution in [-0.4, -0.2) is 28.8 Å². The maximum absolute atomic E-state index is 13.0. The minimum Gasteiger partial charge on any atom is -0.277 e. The van der Waals surface area contributed by atoms with Crippen molar-refractivity contribution in [2.24, 2.45) is 11.3 Å². The van der Waals surface area contributed by atoms with E-state index in [1.165, 1.54) is 4.90 Å². The van der Waals surface area contributed by atoms with Crippen LogP contribution in [0.15, 0.2) is 0 Å². The van der Waals surface area contributed by atoms with E-state index >= 15 is 0 Å². The van der Waals surface area contributed by atoms with Crippen molar-refractivity contribution in [3.63, 3.8) is 0 Å². The third-order valence-corrected chi connectivity index (χ3v) is 5.49. The lowest BCUT2D eigenvalue weighted by atomic mass is 9.76. The Morgan fingerprint density at radius 3 is 2.29 bits per heavy atom. The van der Waals surface area contributed by atoms with E-state index in [2.05, 4.69) is 12.2 Å². The predicted octanol–water partition coefficient (Wildman–Crippen LogP) is 2.59. The summed E-state index contributed by atoms with van der Waals surface area (Å²) in [7, 11) is 0. The van der Waals surface area contributed by atoms with Gasteiger partial charge >= 0.3 is 6.03 Å². The second-order valence-corrected chi connectivity index (χ2v) is 7.00. The molecule has 1 spiro atoms. The van der Waals surface area contributed by atoms with E-state index < -0.39 is 11.4 Å². The van der Waals surface area contributed by atoms with Gasteiger partial charge in [0.15, 0.2) is 0 Å². The number of amides is 4. The fourth-order valence-corrected chi connectivity index (χ4v) is 4.21. The molecule has 1 N–H and O–H groups in total. The quantitative estimate of drug-likeness (QED) is 0.755. The van der Waals surface area contributed by atoms with Gasteiger partial charge in [-0.2, -0.15) is 0 Å². The normalized spacial score (nSPS) is 33.2. The highest BCUT2D eigenvalue weighted by Gasteiger charge is 2.55. The number of hydrogen-bond acceptors (Lipinski definition) is 3. The molecule has 2 unspecified atom stereocenters. The lowest BCUT2D eigenvalue weighted by Crippen LogP contribution is -2.65. The van der Waals surface area contributed by atoms with Crippen LogP contribution in [0, 0.1) is 11.3 Å². The Morgan fingerprint density at radius 2 is 1.71 bits per heavy atom. The number of urea groups is 1. The van der Waals surface area contributed by atoms with E-state index in [9.17, 15) is 14.4 Å². The van der Waals surface area contributed by atoms with Crippen LogP contribution in [0.5, 0.6) is 0 Å². The van der Waals surface area contributed by atoms with Crippen molar-refractivity contribution in [2.45, 2.75) is 70.8 Å². The summed E-state index contributed by atoms with van der Waals surface area (Å²) in [5.41, 5.74) is -0.976. The van der Waals surface area contributed by atoms with Gasteiger partial charge in [0.2, 0.25) is 11.8 Å². The van der Waals surface area contributed by atoms with E-state index in [1.807, 2.05) is 0 Å². The molecule has 1 aliphatic heterocycles. The summed E-state index contributed by atoms with van der Waals surface area (Å²) < 4.78 is 0. The molecule has 0 radical (unpaired) electrons. The molecule has 1 saturated heterocycles. The monoisotopic (exact) mass is 292 g/mol. The van der Waals surface area contributed by atoms with Crippen LogP contribution in [0.1, 0.15) is 64.7 Å².